The lowest BCUT2D eigenvalue weighted by Crippen LogP contribution is -2.62. The number of hydrogen-bond donors (Lipinski definition) is 2. The molecule has 2 spiro atoms. The van der Waals surface area contributed by atoms with Crippen LogP contribution in [0.4, 0.5) is 4.79 Å². The number of carbonyl (C=O) groups is 3. The van der Waals surface area contributed by atoms with E-state index in [0.29, 0.717) is 31.5 Å². The maximum absolute atomic E-state index is 11.6. The number of urea groups is 1. The van der Waals surface area contributed by atoms with E-state index in [1.807, 2.05) is 0 Å². The third-order valence-electron chi connectivity index (χ3n) is 4.24. The van der Waals surface area contributed by atoms with Crippen molar-refractivity contribution in [2.45, 2.75) is 44.1 Å². The van der Waals surface area contributed by atoms with E-state index in [4.69, 9.17) is 0 Å². The molecule has 3 aliphatic rings. The summed E-state index contributed by atoms with van der Waals surface area (Å²) in [6.07, 6.45) is 4.40. The first-order chi connectivity index (χ1) is 7.54. The van der Waals surface area contributed by atoms with Crippen LogP contribution >= 0.6 is 0 Å². The molecule has 0 aromatic carbocycles. The zero-order chi connectivity index (χ0) is 11.4. The summed E-state index contributed by atoms with van der Waals surface area (Å²) in [7, 11) is 0. The molecular weight excluding hydrogens is 208 g/mol. The Morgan fingerprint density at radius 1 is 1.00 bits per heavy atom. The lowest BCUT2D eigenvalue weighted by Gasteiger charge is -2.54. The van der Waals surface area contributed by atoms with E-state index >= 15 is 0 Å². The van der Waals surface area contributed by atoms with Crippen LogP contribution in [-0.4, -0.2) is 23.3 Å². The summed E-state index contributed by atoms with van der Waals surface area (Å²) in [4.78, 5) is 33.9. The average Bonchev–Trinajstić information content (AvgIpc) is 2.45. The average molecular weight is 222 g/mol. The van der Waals surface area contributed by atoms with Crippen LogP contribution < -0.4 is 10.6 Å². The monoisotopic (exact) mass is 222 g/mol. The Morgan fingerprint density at radius 3 is 2.12 bits per heavy atom. The number of rotatable bonds is 0. The number of carbonyl (C=O) groups excluding carboxylic acids is 3. The Bertz CT molecular complexity index is 384. The smallest absolute Gasteiger partial charge is 0.322 e. The van der Waals surface area contributed by atoms with Crippen LogP contribution in [0.1, 0.15) is 38.5 Å². The van der Waals surface area contributed by atoms with E-state index < -0.39 is 5.54 Å². The fourth-order valence-electron chi connectivity index (χ4n) is 3.42. The van der Waals surface area contributed by atoms with Crippen LogP contribution in [0.2, 0.25) is 0 Å². The van der Waals surface area contributed by atoms with Gasteiger partial charge in [0.1, 0.15) is 11.3 Å². The minimum Gasteiger partial charge on any atom is -0.323 e. The summed E-state index contributed by atoms with van der Waals surface area (Å²) < 4.78 is 0. The highest BCUT2D eigenvalue weighted by Crippen LogP contribution is 2.56. The Hall–Kier alpha value is -1.39. The molecule has 0 aromatic rings. The highest BCUT2D eigenvalue weighted by atomic mass is 16.2. The number of imide groups is 1. The standard InChI is InChI=1S/C11H14N2O3/c14-7-1-3-10(4-2-7)5-11(6-10)8(15)12-9(16)13-11/h1-6H2,(H2,12,13,15,16). The van der Waals surface area contributed by atoms with Crippen LogP contribution in [-0.2, 0) is 9.59 Å². The molecule has 86 valence electrons. The van der Waals surface area contributed by atoms with Crippen LogP contribution in [0.15, 0.2) is 0 Å². The summed E-state index contributed by atoms with van der Waals surface area (Å²) in [5.41, 5.74) is -0.527. The van der Waals surface area contributed by atoms with Gasteiger partial charge in [0.2, 0.25) is 0 Å². The van der Waals surface area contributed by atoms with E-state index in [2.05, 4.69) is 10.6 Å². The largest absolute Gasteiger partial charge is 0.323 e. The van der Waals surface area contributed by atoms with Crippen molar-refractivity contribution in [3.63, 3.8) is 0 Å². The molecule has 0 radical (unpaired) electrons. The van der Waals surface area contributed by atoms with Gasteiger partial charge in [-0.2, -0.15) is 0 Å². The van der Waals surface area contributed by atoms with E-state index in [9.17, 15) is 14.4 Å². The number of amides is 3. The maximum Gasteiger partial charge on any atom is 0.322 e. The quantitative estimate of drug-likeness (QED) is 0.586. The highest BCUT2D eigenvalue weighted by molar-refractivity contribution is 6.07. The molecule has 16 heavy (non-hydrogen) atoms. The lowest BCUT2D eigenvalue weighted by molar-refractivity contribution is -0.137. The van der Waals surface area contributed by atoms with Gasteiger partial charge >= 0.3 is 6.03 Å². The molecule has 5 nitrogen and oxygen atoms in total. The summed E-state index contributed by atoms with van der Waals surface area (Å²) >= 11 is 0. The summed E-state index contributed by atoms with van der Waals surface area (Å²) in [6.45, 7) is 0. The lowest BCUT2D eigenvalue weighted by atomic mass is 9.52. The molecule has 0 atom stereocenters. The second-order valence-corrected chi connectivity index (χ2v) is 5.38. The SMILES string of the molecule is O=C1CCC2(CC1)CC1(C2)NC(=O)NC1=O. The molecule has 1 heterocycles. The van der Waals surface area contributed by atoms with Gasteiger partial charge < -0.3 is 5.32 Å². The molecule has 1 saturated heterocycles. The fraction of sp³-hybridized carbons (Fsp3) is 0.727. The minimum atomic E-state index is -0.655. The summed E-state index contributed by atoms with van der Waals surface area (Å²) in [6, 6.07) is -0.383. The van der Waals surface area contributed by atoms with Gasteiger partial charge in [0.15, 0.2) is 0 Å². The van der Waals surface area contributed by atoms with Crippen molar-refractivity contribution in [2.75, 3.05) is 0 Å². The second-order valence-electron chi connectivity index (χ2n) is 5.38. The molecule has 1 aliphatic heterocycles. The summed E-state index contributed by atoms with van der Waals surface area (Å²) in [5, 5.41) is 5.00. The molecule has 5 heteroatoms. The number of Topliss-reactive ketones (excluding diaryl/α,β-unsaturated/α-hetero) is 1. The second kappa shape index (κ2) is 2.84. The van der Waals surface area contributed by atoms with E-state index in [-0.39, 0.29) is 17.4 Å². The fourth-order valence-corrected chi connectivity index (χ4v) is 3.42. The molecule has 0 aromatic heterocycles. The van der Waals surface area contributed by atoms with Crippen molar-refractivity contribution < 1.29 is 14.4 Å². The zero-order valence-corrected chi connectivity index (χ0v) is 8.97. The van der Waals surface area contributed by atoms with Crippen LogP contribution in [0.5, 0.6) is 0 Å². The van der Waals surface area contributed by atoms with Crippen molar-refractivity contribution >= 4 is 17.7 Å². The predicted molar refractivity (Wildman–Crippen MR) is 54.5 cm³/mol. The van der Waals surface area contributed by atoms with Gasteiger partial charge in [0.25, 0.3) is 5.91 Å². The normalized spacial score (nSPS) is 30.1. The van der Waals surface area contributed by atoms with Crippen molar-refractivity contribution in [2.24, 2.45) is 5.41 Å². The van der Waals surface area contributed by atoms with Crippen molar-refractivity contribution in [3.05, 3.63) is 0 Å². The molecule has 2 N–H and O–H groups in total. The van der Waals surface area contributed by atoms with Crippen molar-refractivity contribution in [1.29, 1.82) is 0 Å². The van der Waals surface area contributed by atoms with Crippen molar-refractivity contribution in [1.82, 2.24) is 10.6 Å². The predicted octanol–water partition coefficient (Wildman–Crippen LogP) is 0.488. The highest BCUT2D eigenvalue weighted by Gasteiger charge is 2.62. The van der Waals surface area contributed by atoms with E-state index in [1.54, 1.807) is 0 Å². The van der Waals surface area contributed by atoms with Gasteiger partial charge in [-0.1, -0.05) is 0 Å². The Morgan fingerprint density at radius 2 is 1.62 bits per heavy atom. The van der Waals surface area contributed by atoms with E-state index in [0.717, 1.165) is 12.8 Å². The van der Waals surface area contributed by atoms with Gasteiger partial charge in [-0.15, -0.1) is 0 Å². The van der Waals surface area contributed by atoms with Gasteiger partial charge in [0, 0.05) is 12.8 Å². The molecule has 3 rings (SSSR count). The topological polar surface area (TPSA) is 75.3 Å². The Kier molecular flexibility index (Phi) is 1.74. The number of ketones is 1. The first kappa shape index (κ1) is 9.81. The number of hydrogen-bond acceptors (Lipinski definition) is 3. The van der Waals surface area contributed by atoms with Gasteiger partial charge in [-0.25, -0.2) is 4.79 Å². The molecule has 2 saturated carbocycles. The van der Waals surface area contributed by atoms with Gasteiger partial charge in [-0.3, -0.25) is 14.9 Å². The van der Waals surface area contributed by atoms with E-state index in [1.165, 1.54) is 0 Å². The molecule has 3 amide bonds. The Balaban J connectivity index is 1.72. The first-order valence-corrected chi connectivity index (χ1v) is 5.69. The maximum atomic E-state index is 11.6. The molecule has 3 fully saturated rings. The molecular formula is C11H14N2O3. The third-order valence-corrected chi connectivity index (χ3v) is 4.24. The molecule has 0 unspecified atom stereocenters. The Labute approximate surface area is 93.0 Å². The van der Waals surface area contributed by atoms with Crippen LogP contribution in [0, 0.1) is 5.41 Å². The van der Waals surface area contributed by atoms with Crippen molar-refractivity contribution in [3.8, 4) is 0 Å². The third kappa shape index (κ3) is 1.20. The molecule has 2 aliphatic carbocycles. The van der Waals surface area contributed by atoms with Gasteiger partial charge in [0.05, 0.1) is 0 Å². The summed E-state index contributed by atoms with van der Waals surface area (Å²) in [5.74, 6) is 0.131. The minimum absolute atomic E-state index is 0.128. The van der Waals surface area contributed by atoms with Crippen LogP contribution in [0.25, 0.3) is 0 Å². The van der Waals surface area contributed by atoms with Gasteiger partial charge in [-0.05, 0) is 31.1 Å². The first-order valence-electron chi connectivity index (χ1n) is 5.69. The zero-order valence-electron chi connectivity index (χ0n) is 8.97. The molecule has 0 bridgehead atoms. The van der Waals surface area contributed by atoms with Crippen LogP contribution in [0.3, 0.4) is 0 Å². The number of nitrogens with one attached hydrogen (secondary N) is 2.